The van der Waals surface area contributed by atoms with Crippen LogP contribution in [0, 0.1) is 18.8 Å². The number of aromatic nitrogens is 2. The van der Waals surface area contributed by atoms with Crippen molar-refractivity contribution in [2.45, 2.75) is 47.6 Å². The maximum absolute atomic E-state index is 4.51. The maximum Gasteiger partial charge on any atom is 0.203 e. The number of aryl methyl sites for hydroxylation is 1. The Morgan fingerprint density at radius 1 is 1.25 bits per heavy atom. The Kier molecular flexibility index (Phi) is 4.84. The highest BCUT2D eigenvalue weighted by atomic mass is 15.2. The molecule has 0 fully saturated rings. The highest BCUT2D eigenvalue weighted by Gasteiger charge is 2.06. The number of hydrogen-bond donors (Lipinski definition) is 1. The molecule has 3 nitrogen and oxygen atoms in total. The average molecular weight is 223 g/mol. The molecule has 16 heavy (non-hydrogen) atoms. The summed E-state index contributed by atoms with van der Waals surface area (Å²) in [6.07, 6.45) is 3.31. The van der Waals surface area contributed by atoms with Crippen LogP contribution in [0.25, 0.3) is 0 Å². The lowest BCUT2D eigenvalue weighted by molar-refractivity contribution is 0.524. The van der Waals surface area contributed by atoms with Crippen molar-refractivity contribution in [3.63, 3.8) is 0 Å². The molecule has 0 aliphatic heterocycles. The van der Waals surface area contributed by atoms with Crippen LogP contribution in [0.3, 0.4) is 0 Å². The summed E-state index contributed by atoms with van der Waals surface area (Å²) in [5.74, 6) is 2.41. The van der Waals surface area contributed by atoms with Crippen LogP contribution in [0.4, 0.5) is 5.95 Å². The monoisotopic (exact) mass is 223 g/mol. The van der Waals surface area contributed by atoms with E-state index in [1.54, 1.807) is 0 Å². The summed E-state index contributed by atoms with van der Waals surface area (Å²) in [5.41, 5.74) is 1.09. The molecule has 0 unspecified atom stereocenters. The van der Waals surface area contributed by atoms with Gasteiger partial charge >= 0.3 is 0 Å². The number of nitrogens with zero attached hydrogens (tertiary/aromatic N) is 2. The molecule has 1 rings (SSSR count). The predicted molar refractivity (Wildman–Crippen MR) is 69.7 cm³/mol. The molecule has 92 valence electrons. The minimum Gasteiger partial charge on any atom is -0.356 e. The molecule has 0 aliphatic rings. The number of anilines is 1. The first-order chi connectivity index (χ1) is 7.49. The van der Waals surface area contributed by atoms with Crippen LogP contribution in [0.5, 0.6) is 0 Å². The Bertz CT molecular complexity index is 313. The number of rotatable bonds is 6. The van der Waals surface area contributed by atoms with E-state index in [9.17, 15) is 0 Å². The van der Waals surface area contributed by atoms with E-state index in [0.717, 1.165) is 30.6 Å². The summed E-state index contributed by atoms with van der Waals surface area (Å²) in [7, 11) is 0. The van der Waals surface area contributed by atoms with E-state index in [1.165, 1.54) is 6.42 Å². The smallest absolute Gasteiger partial charge is 0.203 e. The van der Waals surface area contributed by atoms with Crippen molar-refractivity contribution in [1.82, 2.24) is 9.55 Å². The van der Waals surface area contributed by atoms with E-state index in [1.807, 2.05) is 6.92 Å². The van der Waals surface area contributed by atoms with Crippen LogP contribution in [0.2, 0.25) is 0 Å². The first-order valence-corrected chi connectivity index (χ1v) is 6.26. The highest BCUT2D eigenvalue weighted by molar-refractivity contribution is 5.28. The summed E-state index contributed by atoms with van der Waals surface area (Å²) < 4.78 is 2.22. The van der Waals surface area contributed by atoms with Gasteiger partial charge in [0.1, 0.15) is 0 Å². The van der Waals surface area contributed by atoms with Crippen molar-refractivity contribution in [2.24, 2.45) is 11.8 Å². The number of nitrogens with one attached hydrogen (secondary N) is 1. The van der Waals surface area contributed by atoms with E-state index in [2.05, 4.69) is 48.8 Å². The van der Waals surface area contributed by atoms with E-state index in [0.29, 0.717) is 5.92 Å². The standard InChI is InChI=1S/C13H25N3/c1-10(2)6-7-14-13-15-12(5)9-16(13)8-11(3)4/h9-11H,6-8H2,1-5H3,(H,14,15). The predicted octanol–water partition coefficient (Wildman–Crippen LogP) is 3.31. The lowest BCUT2D eigenvalue weighted by Crippen LogP contribution is -2.12. The van der Waals surface area contributed by atoms with Gasteiger partial charge in [-0.1, -0.05) is 27.7 Å². The van der Waals surface area contributed by atoms with Crippen LogP contribution in [-0.2, 0) is 6.54 Å². The zero-order valence-corrected chi connectivity index (χ0v) is 11.2. The molecule has 0 radical (unpaired) electrons. The Morgan fingerprint density at radius 3 is 2.50 bits per heavy atom. The summed E-state index contributed by atoms with van der Waals surface area (Å²) in [4.78, 5) is 4.51. The zero-order valence-electron chi connectivity index (χ0n) is 11.2. The van der Waals surface area contributed by atoms with Gasteiger partial charge in [-0.05, 0) is 25.2 Å². The molecule has 0 saturated carbocycles. The van der Waals surface area contributed by atoms with E-state index in [-0.39, 0.29) is 0 Å². The zero-order chi connectivity index (χ0) is 12.1. The SMILES string of the molecule is Cc1cn(CC(C)C)c(NCCC(C)C)n1. The Hall–Kier alpha value is -0.990. The van der Waals surface area contributed by atoms with Gasteiger partial charge in [-0.3, -0.25) is 0 Å². The molecule has 0 spiro atoms. The molecule has 0 saturated heterocycles. The second kappa shape index (κ2) is 5.92. The first-order valence-electron chi connectivity index (χ1n) is 6.26. The summed E-state index contributed by atoms with van der Waals surface area (Å²) in [6.45, 7) is 13.0. The summed E-state index contributed by atoms with van der Waals surface area (Å²) in [6, 6.07) is 0. The van der Waals surface area contributed by atoms with Gasteiger partial charge in [0.05, 0.1) is 5.69 Å². The van der Waals surface area contributed by atoms with Gasteiger partial charge in [0, 0.05) is 19.3 Å². The van der Waals surface area contributed by atoms with Gasteiger partial charge in [-0.25, -0.2) is 4.98 Å². The van der Waals surface area contributed by atoms with E-state index < -0.39 is 0 Å². The molecule has 0 aromatic carbocycles. The quantitative estimate of drug-likeness (QED) is 0.802. The largest absolute Gasteiger partial charge is 0.356 e. The fourth-order valence-electron chi connectivity index (χ4n) is 1.69. The van der Waals surface area contributed by atoms with Crippen molar-refractivity contribution in [1.29, 1.82) is 0 Å². The van der Waals surface area contributed by atoms with Crippen molar-refractivity contribution in [3.8, 4) is 0 Å². The second-order valence-electron chi connectivity index (χ2n) is 5.36. The van der Waals surface area contributed by atoms with Crippen LogP contribution >= 0.6 is 0 Å². The Balaban J connectivity index is 2.56. The molecule has 1 aromatic heterocycles. The lowest BCUT2D eigenvalue weighted by Gasteiger charge is -2.12. The highest BCUT2D eigenvalue weighted by Crippen LogP contribution is 2.12. The molecular formula is C13H25N3. The molecule has 0 amide bonds. The van der Waals surface area contributed by atoms with Crippen molar-refractivity contribution >= 4 is 5.95 Å². The van der Waals surface area contributed by atoms with E-state index in [4.69, 9.17) is 0 Å². The minimum atomic E-state index is 0.652. The first kappa shape index (κ1) is 13.1. The molecule has 1 aromatic rings. The van der Waals surface area contributed by atoms with Crippen molar-refractivity contribution in [3.05, 3.63) is 11.9 Å². The molecule has 1 N–H and O–H groups in total. The average Bonchev–Trinajstić information content (AvgIpc) is 2.44. The van der Waals surface area contributed by atoms with Gasteiger partial charge in [0.25, 0.3) is 0 Å². The third-order valence-electron chi connectivity index (χ3n) is 2.46. The van der Waals surface area contributed by atoms with Crippen molar-refractivity contribution in [2.75, 3.05) is 11.9 Å². The summed E-state index contributed by atoms with van der Waals surface area (Å²) >= 11 is 0. The number of imidazole rings is 1. The third-order valence-corrected chi connectivity index (χ3v) is 2.46. The normalized spacial score (nSPS) is 11.4. The fourth-order valence-corrected chi connectivity index (χ4v) is 1.69. The van der Waals surface area contributed by atoms with Crippen LogP contribution < -0.4 is 5.32 Å². The van der Waals surface area contributed by atoms with Gasteiger partial charge in [0.2, 0.25) is 5.95 Å². The fraction of sp³-hybridized carbons (Fsp3) is 0.769. The van der Waals surface area contributed by atoms with Gasteiger partial charge in [0.15, 0.2) is 0 Å². The molecule has 3 heteroatoms. The maximum atomic E-state index is 4.51. The Morgan fingerprint density at radius 2 is 1.94 bits per heavy atom. The second-order valence-corrected chi connectivity index (χ2v) is 5.36. The van der Waals surface area contributed by atoms with Gasteiger partial charge < -0.3 is 9.88 Å². The molecule has 1 heterocycles. The van der Waals surface area contributed by atoms with Gasteiger partial charge in [-0.15, -0.1) is 0 Å². The molecule has 0 aliphatic carbocycles. The lowest BCUT2D eigenvalue weighted by atomic mass is 10.1. The topological polar surface area (TPSA) is 29.9 Å². The van der Waals surface area contributed by atoms with Crippen LogP contribution in [0.1, 0.15) is 39.8 Å². The summed E-state index contributed by atoms with van der Waals surface area (Å²) in [5, 5.41) is 3.42. The molecular weight excluding hydrogens is 198 g/mol. The van der Waals surface area contributed by atoms with Crippen LogP contribution in [-0.4, -0.2) is 16.1 Å². The van der Waals surface area contributed by atoms with Crippen molar-refractivity contribution < 1.29 is 0 Å². The molecule has 0 bridgehead atoms. The third kappa shape index (κ3) is 4.25. The van der Waals surface area contributed by atoms with Gasteiger partial charge in [-0.2, -0.15) is 0 Å². The number of hydrogen-bond acceptors (Lipinski definition) is 2. The Labute approximate surface area is 99.3 Å². The minimum absolute atomic E-state index is 0.652. The van der Waals surface area contributed by atoms with Crippen LogP contribution in [0.15, 0.2) is 6.20 Å². The molecule has 0 atom stereocenters. The van der Waals surface area contributed by atoms with E-state index >= 15 is 0 Å².